The third-order valence-corrected chi connectivity index (χ3v) is 8.89. The third kappa shape index (κ3) is 5.78. The first-order valence-electron chi connectivity index (χ1n) is 15.6. The molecule has 0 fully saturated rings. The summed E-state index contributed by atoms with van der Waals surface area (Å²) >= 11 is 0. The number of hydrogen-bond acceptors (Lipinski definition) is 5. The van der Waals surface area contributed by atoms with Crippen LogP contribution in [0.3, 0.4) is 0 Å². The van der Waals surface area contributed by atoms with Crippen LogP contribution < -0.4 is 9.47 Å². The molecule has 0 saturated heterocycles. The van der Waals surface area contributed by atoms with E-state index in [1.807, 2.05) is 72.2 Å². The Morgan fingerprint density at radius 3 is 2.62 bits per heavy atom. The lowest BCUT2D eigenvalue weighted by atomic mass is 9.87. The largest absolute Gasteiger partial charge is 0.494 e. The Balaban J connectivity index is 1.16. The molecule has 45 heavy (non-hydrogen) atoms. The van der Waals surface area contributed by atoms with Crippen LogP contribution in [0.4, 0.5) is 0 Å². The van der Waals surface area contributed by atoms with Crippen LogP contribution in [0.1, 0.15) is 56.7 Å². The number of fused-ring (bicyclic) bond motifs is 9. The lowest BCUT2D eigenvalue weighted by Gasteiger charge is -2.38. The number of ether oxygens (including phenoxy) is 2. The standard InChI is InChI=1S/C36H37N5O4/c1-23-31(30-9-3-4-10-32(30)38-23)21-34(42)40-14-6-17-44-27-8-5-7-26(20-27)35-29-12-11-28(45-18-16-40)19-25(29)13-15-41(35)36(43)33-22-37-24(2)39-33/h3-5,7-12,19-20,22,35,38H,6,13-18,21H2,1-2H3,(H,37,39). The number of nitrogens with one attached hydrogen (secondary N) is 2. The first-order valence-corrected chi connectivity index (χ1v) is 15.6. The monoisotopic (exact) mass is 603 g/mol. The molecule has 230 valence electrons. The fourth-order valence-corrected chi connectivity index (χ4v) is 6.64. The maximum Gasteiger partial charge on any atom is 0.272 e. The van der Waals surface area contributed by atoms with E-state index in [0.717, 1.165) is 50.3 Å². The molecule has 9 nitrogen and oxygen atoms in total. The van der Waals surface area contributed by atoms with E-state index in [1.165, 1.54) is 0 Å². The first kappa shape index (κ1) is 28.7. The Kier molecular flexibility index (Phi) is 7.75. The number of aromatic amines is 2. The average molecular weight is 604 g/mol. The second-order valence-electron chi connectivity index (χ2n) is 11.8. The summed E-state index contributed by atoms with van der Waals surface area (Å²) in [4.78, 5) is 42.0. The summed E-state index contributed by atoms with van der Waals surface area (Å²) in [6.45, 7) is 6.29. The Morgan fingerprint density at radius 2 is 1.76 bits per heavy atom. The van der Waals surface area contributed by atoms with Gasteiger partial charge in [-0.3, -0.25) is 9.59 Å². The van der Waals surface area contributed by atoms with E-state index in [1.54, 1.807) is 6.20 Å². The number of amides is 2. The van der Waals surface area contributed by atoms with Gasteiger partial charge in [-0.05, 0) is 79.3 Å². The Labute approximate surface area is 262 Å². The minimum absolute atomic E-state index is 0.0695. The summed E-state index contributed by atoms with van der Waals surface area (Å²) in [6.07, 6.45) is 3.31. The number of H-pyrrole nitrogens is 2. The molecule has 1 atom stereocenters. The van der Waals surface area contributed by atoms with Crippen LogP contribution in [0.2, 0.25) is 0 Å². The van der Waals surface area contributed by atoms with Crippen molar-refractivity contribution in [3.05, 3.63) is 112 Å². The third-order valence-electron chi connectivity index (χ3n) is 8.89. The van der Waals surface area contributed by atoms with Gasteiger partial charge in [-0.25, -0.2) is 4.98 Å². The van der Waals surface area contributed by atoms with Gasteiger partial charge in [-0.1, -0.05) is 36.4 Å². The molecule has 0 saturated carbocycles. The van der Waals surface area contributed by atoms with Gasteiger partial charge < -0.3 is 29.2 Å². The zero-order chi connectivity index (χ0) is 30.9. The summed E-state index contributed by atoms with van der Waals surface area (Å²) in [5, 5.41) is 1.09. The normalized spacial score (nSPS) is 16.8. The number of imidazole rings is 1. The number of hydrogen-bond donors (Lipinski definition) is 2. The minimum atomic E-state index is -0.281. The van der Waals surface area contributed by atoms with Gasteiger partial charge in [-0.2, -0.15) is 0 Å². The highest BCUT2D eigenvalue weighted by Crippen LogP contribution is 2.38. The van der Waals surface area contributed by atoms with Crippen LogP contribution in [0.25, 0.3) is 10.9 Å². The highest BCUT2D eigenvalue weighted by Gasteiger charge is 2.34. The zero-order valence-electron chi connectivity index (χ0n) is 25.6. The molecule has 1 unspecified atom stereocenters. The smallest absolute Gasteiger partial charge is 0.272 e. The first-order chi connectivity index (χ1) is 21.9. The van der Waals surface area contributed by atoms with Gasteiger partial charge in [0, 0.05) is 29.7 Å². The summed E-state index contributed by atoms with van der Waals surface area (Å²) in [5.74, 6) is 2.20. The van der Waals surface area contributed by atoms with Gasteiger partial charge in [0.1, 0.15) is 29.6 Å². The van der Waals surface area contributed by atoms with Crippen molar-refractivity contribution in [3.63, 3.8) is 0 Å². The summed E-state index contributed by atoms with van der Waals surface area (Å²) < 4.78 is 12.5. The minimum Gasteiger partial charge on any atom is -0.494 e. The van der Waals surface area contributed by atoms with Gasteiger partial charge in [0.2, 0.25) is 5.91 Å². The van der Waals surface area contributed by atoms with Crippen LogP contribution >= 0.6 is 0 Å². The fourth-order valence-electron chi connectivity index (χ4n) is 6.64. The topological polar surface area (TPSA) is 104 Å². The molecule has 8 rings (SSSR count). The van der Waals surface area contributed by atoms with Crippen molar-refractivity contribution in [1.29, 1.82) is 0 Å². The Hall–Kier alpha value is -5.05. The fraction of sp³-hybridized carbons (Fsp3) is 0.306. The highest BCUT2D eigenvalue weighted by molar-refractivity contribution is 5.93. The number of benzene rings is 3. The zero-order valence-corrected chi connectivity index (χ0v) is 25.6. The molecule has 2 aromatic heterocycles. The molecule has 0 spiro atoms. The highest BCUT2D eigenvalue weighted by atomic mass is 16.5. The number of carbonyl (C=O) groups excluding carboxylic acids is 2. The number of para-hydroxylation sites is 1. The van der Waals surface area contributed by atoms with Gasteiger partial charge >= 0.3 is 0 Å². The molecule has 6 bridgehead atoms. The van der Waals surface area contributed by atoms with E-state index in [0.29, 0.717) is 63.6 Å². The molecule has 0 radical (unpaired) electrons. The van der Waals surface area contributed by atoms with Gasteiger partial charge in [-0.15, -0.1) is 0 Å². The Bertz CT molecular complexity index is 1870. The maximum absolute atomic E-state index is 13.7. The van der Waals surface area contributed by atoms with Crippen LogP contribution in [-0.4, -0.2) is 69.4 Å². The molecule has 3 aliphatic heterocycles. The number of carbonyl (C=O) groups is 2. The van der Waals surface area contributed by atoms with Crippen molar-refractivity contribution in [2.45, 2.75) is 39.2 Å². The van der Waals surface area contributed by atoms with Gasteiger partial charge in [0.15, 0.2) is 0 Å². The summed E-state index contributed by atoms with van der Waals surface area (Å²) in [6, 6.07) is 21.9. The van der Waals surface area contributed by atoms with Crippen molar-refractivity contribution < 1.29 is 19.1 Å². The molecule has 3 aliphatic rings. The van der Waals surface area contributed by atoms with Crippen LogP contribution in [0.15, 0.2) is 72.9 Å². The molecule has 2 amide bonds. The second-order valence-corrected chi connectivity index (χ2v) is 11.8. The number of aromatic nitrogens is 3. The van der Waals surface area contributed by atoms with Crippen LogP contribution in [0, 0.1) is 13.8 Å². The molecule has 3 aromatic carbocycles. The van der Waals surface area contributed by atoms with Crippen molar-refractivity contribution in [2.75, 3.05) is 32.8 Å². The number of rotatable bonds is 3. The molecule has 0 aliphatic carbocycles. The van der Waals surface area contributed by atoms with Gasteiger partial charge in [0.25, 0.3) is 5.91 Å². The predicted molar refractivity (Wildman–Crippen MR) is 172 cm³/mol. The van der Waals surface area contributed by atoms with E-state index in [2.05, 4.69) is 33.2 Å². The van der Waals surface area contributed by atoms with Crippen molar-refractivity contribution in [1.82, 2.24) is 24.8 Å². The lowest BCUT2D eigenvalue weighted by Crippen LogP contribution is -2.41. The van der Waals surface area contributed by atoms with Crippen molar-refractivity contribution >= 4 is 22.7 Å². The molecular formula is C36H37N5O4. The molecule has 5 aromatic rings. The molecule has 9 heteroatoms. The second kappa shape index (κ2) is 12.1. The van der Waals surface area contributed by atoms with Gasteiger partial charge in [0.05, 0.1) is 31.8 Å². The lowest BCUT2D eigenvalue weighted by molar-refractivity contribution is -0.131. The van der Waals surface area contributed by atoms with E-state index >= 15 is 0 Å². The maximum atomic E-state index is 13.7. The predicted octanol–water partition coefficient (Wildman–Crippen LogP) is 5.53. The SMILES string of the molecule is Cc1ncc(C(=O)N2CCc3cc4ccc3C2c2cccc(c2)OCCCN(C(=O)Cc2c(C)[nH]c3ccccc23)CCO4)[nH]1. The quantitative estimate of drug-likeness (QED) is 0.282. The van der Waals surface area contributed by atoms with E-state index in [-0.39, 0.29) is 17.9 Å². The average Bonchev–Trinajstić information content (AvgIpc) is 3.63. The summed E-state index contributed by atoms with van der Waals surface area (Å²) in [7, 11) is 0. The van der Waals surface area contributed by atoms with Crippen molar-refractivity contribution in [3.8, 4) is 11.5 Å². The van der Waals surface area contributed by atoms with E-state index in [9.17, 15) is 9.59 Å². The Morgan fingerprint density at radius 1 is 0.911 bits per heavy atom. The number of aryl methyl sites for hydroxylation is 2. The van der Waals surface area contributed by atoms with E-state index < -0.39 is 0 Å². The molecular weight excluding hydrogens is 566 g/mol. The molecule has 5 heterocycles. The summed E-state index contributed by atoms with van der Waals surface area (Å²) in [5.41, 5.74) is 6.76. The van der Waals surface area contributed by atoms with E-state index in [4.69, 9.17) is 9.47 Å². The van der Waals surface area contributed by atoms with Crippen LogP contribution in [-0.2, 0) is 17.6 Å². The number of nitrogens with zero attached hydrogens (tertiary/aromatic N) is 3. The molecule has 2 N–H and O–H groups in total. The van der Waals surface area contributed by atoms with Crippen molar-refractivity contribution in [2.24, 2.45) is 0 Å². The van der Waals surface area contributed by atoms with Crippen LogP contribution in [0.5, 0.6) is 11.5 Å².